The molecule has 1 aliphatic rings. The molecule has 0 bridgehead atoms. The van der Waals surface area contributed by atoms with E-state index in [0.29, 0.717) is 24.5 Å². The van der Waals surface area contributed by atoms with Crippen molar-refractivity contribution in [2.24, 2.45) is 0 Å². The highest BCUT2D eigenvalue weighted by molar-refractivity contribution is 7.05. The van der Waals surface area contributed by atoms with Crippen molar-refractivity contribution in [3.05, 3.63) is 52.6 Å². The van der Waals surface area contributed by atoms with Crippen LogP contribution >= 0.6 is 11.5 Å². The lowest BCUT2D eigenvalue weighted by Crippen LogP contribution is -2.39. The van der Waals surface area contributed by atoms with E-state index in [-0.39, 0.29) is 17.4 Å². The van der Waals surface area contributed by atoms with Crippen molar-refractivity contribution in [1.29, 1.82) is 0 Å². The van der Waals surface area contributed by atoms with E-state index in [9.17, 15) is 9.59 Å². The number of piperidine rings is 1. The van der Waals surface area contributed by atoms with Gasteiger partial charge in [0.1, 0.15) is 5.69 Å². The third-order valence-electron chi connectivity index (χ3n) is 4.72. The minimum absolute atomic E-state index is 0.0557. The quantitative estimate of drug-likeness (QED) is 0.716. The average molecular weight is 398 g/mol. The van der Waals surface area contributed by atoms with E-state index in [4.69, 9.17) is 5.11 Å². The van der Waals surface area contributed by atoms with Crippen LogP contribution in [0.15, 0.2) is 30.7 Å². The summed E-state index contributed by atoms with van der Waals surface area (Å²) in [5.74, 6) is -1.03. The lowest BCUT2D eigenvalue weighted by atomic mass is 9.95. The molecule has 3 aromatic heterocycles. The molecule has 0 aliphatic carbocycles. The summed E-state index contributed by atoms with van der Waals surface area (Å²) in [4.78, 5) is 30.6. The Balaban J connectivity index is 1.51. The molecule has 3 aromatic rings. The summed E-state index contributed by atoms with van der Waals surface area (Å²) in [6.07, 6.45) is 6.38. The summed E-state index contributed by atoms with van der Waals surface area (Å²) in [7, 11) is 0. The number of pyridine rings is 1. The lowest BCUT2D eigenvalue weighted by molar-refractivity contribution is 0.0690. The van der Waals surface area contributed by atoms with Gasteiger partial charge in [0.2, 0.25) is 0 Å². The van der Waals surface area contributed by atoms with Gasteiger partial charge in [0, 0.05) is 30.1 Å². The number of rotatable bonds is 4. The Morgan fingerprint density at radius 1 is 1.29 bits per heavy atom. The number of hydrogen-bond donors (Lipinski definition) is 1. The minimum atomic E-state index is -1.05. The van der Waals surface area contributed by atoms with Gasteiger partial charge in [-0.3, -0.25) is 9.78 Å². The highest BCUT2D eigenvalue weighted by Crippen LogP contribution is 2.27. The molecular weight excluding hydrogens is 380 g/mol. The molecule has 1 atom stereocenters. The van der Waals surface area contributed by atoms with Crippen LogP contribution in [0.4, 0.5) is 0 Å². The van der Waals surface area contributed by atoms with E-state index in [2.05, 4.69) is 19.7 Å². The van der Waals surface area contributed by atoms with Gasteiger partial charge < -0.3 is 10.0 Å². The molecule has 0 radical (unpaired) electrons. The average Bonchev–Trinajstić information content (AvgIpc) is 3.37. The van der Waals surface area contributed by atoms with E-state index in [1.54, 1.807) is 6.20 Å². The molecule has 1 unspecified atom stereocenters. The van der Waals surface area contributed by atoms with Gasteiger partial charge in [0.05, 0.1) is 29.3 Å². The molecule has 10 heteroatoms. The molecule has 1 N–H and O–H groups in total. The van der Waals surface area contributed by atoms with Gasteiger partial charge in [-0.1, -0.05) is 5.21 Å². The predicted molar refractivity (Wildman–Crippen MR) is 101 cm³/mol. The maximum atomic E-state index is 12.7. The summed E-state index contributed by atoms with van der Waals surface area (Å²) in [5, 5.41) is 17.5. The Kier molecular flexibility index (Phi) is 4.86. The molecule has 0 aromatic carbocycles. The molecule has 1 amide bonds. The number of carbonyl (C=O) groups excluding carboxylic acids is 1. The van der Waals surface area contributed by atoms with Gasteiger partial charge in [-0.05, 0) is 43.4 Å². The van der Waals surface area contributed by atoms with Crippen LogP contribution in [0, 0.1) is 6.92 Å². The molecule has 4 heterocycles. The fourth-order valence-electron chi connectivity index (χ4n) is 3.29. The fourth-order valence-corrected chi connectivity index (χ4v) is 3.83. The lowest BCUT2D eigenvalue weighted by Gasteiger charge is -2.31. The van der Waals surface area contributed by atoms with Crippen LogP contribution in [0.25, 0.3) is 5.69 Å². The first-order valence-corrected chi connectivity index (χ1v) is 9.62. The van der Waals surface area contributed by atoms with Crippen LogP contribution in [0.1, 0.15) is 50.2 Å². The summed E-state index contributed by atoms with van der Waals surface area (Å²) >= 11 is 1.33. The molecule has 1 saturated heterocycles. The molecule has 1 aliphatic heterocycles. The second-order valence-electron chi connectivity index (χ2n) is 6.74. The number of aryl methyl sites for hydroxylation is 1. The highest BCUT2D eigenvalue weighted by Gasteiger charge is 2.28. The van der Waals surface area contributed by atoms with Crippen molar-refractivity contribution in [3.63, 3.8) is 0 Å². The SMILES string of the molecule is Cc1cc(C(=O)N2CCCC(c3cn(-c4cncc(C(=O)O)c4)nn3)C2)ns1. The van der Waals surface area contributed by atoms with E-state index in [0.717, 1.165) is 23.4 Å². The van der Waals surface area contributed by atoms with Crippen LogP contribution in [0.5, 0.6) is 0 Å². The van der Waals surface area contributed by atoms with Crippen LogP contribution < -0.4 is 0 Å². The number of carbonyl (C=O) groups is 2. The van der Waals surface area contributed by atoms with E-state index >= 15 is 0 Å². The first-order valence-electron chi connectivity index (χ1n) is 8.85. The standard InChI is InChI=1S/C18H18N6O3S/c1-11-5-15(21-28-11)17(25)23-4-2-3-12(9-23)16-10-24(22-20-16)14-6-13(18(26)27)7-19-8-14/h5-8,10,12H,2-4,9H2,1H3,(H,26,27). The number of aromatic carboxylic acids is 1. The van der Waals surface area contributed by atoms with Crippen molar-refractivity contribution in [2.45, 2.75) is 25.7 Å². The Morgan fingerprint density at radius 2 is 2.14 bits per heavy atom. The number of carboxylic acid groups (broad SMARTS) is 1. The van der Waals surface area contributed by atoms with Gasteiger partial charge in [-0.2, -0.15) is 4.37 Å². The van der Waals surface area contributed by atoms with E-state index in [1.165, 1.54) is 34.7 Å². The van der Waals surface area contributed by atoms with Crippen molar-refractivity contribution in [3.8, 4) is 5.69 Å². The van der Waals surface area contributed by atoms with Gasteiger partial charge in [0.15, 0.2) is 0 Å². The zero-order chi connectivity index (χ0) is 19.7. The number of nitrogens with zero attached hydrogens (tertiary/aromatic N) is 6. The second-order valence-corrected chi connectivity index (χ2v) is 7.75. The maximum absolute atomic E-state index is 12.7. The molecule has 4 rings (SSSR count). The predicted octanol–water partition coefficient (Wildman–Crippen LogP) is 2.15. The Bertz CT molecular complexity index is 1030. The number of amides is 1. The van der Waals surface area contributed by atoms with Crippen molar-refractivity contribution in [1.82, 2.24) is 29.3 Å². The topological polar surface area (TPSA) is 114 Å². The smallest absolute Gasteiger partial charge is 0.337 e. The molecule has 144 valence electrons. The fraction of sp³-hybridized carbons (Fsp3) is 0.333. The first-order chi connectivity index (χ1) is 13.5. The normalized spacial score (nSPS) is 16.9. The monoisotopic (exact) mass is 398 g/mol. The van der Waals surface area contributed by atoms with Crippen molar-refractivity contribution in [2.75, 3.05) is 13.1 Å². The third kappa shape index (κ3) is 3.63. The molecule has 1 fully saturated rings. The first kappa shape index (κ1) is 18.2. The van der Waals surface area contributed by atoms with Gasteiger partial charge >= 0.3 is 5.97 Å². The largest absolute Gasteiger partial charge is 0.478 e. The minimum Gasteiger partial charge on any atom is -0.478 e. The summed E-state index contributed by atoms with van der Waals surface area (Å²) in [6.45, 7) is 3.19. The Morgan fingerprint density at radius 3 is 2.89 bits per heavy atom. The van der Waals surface area contributed by atoms with Crippen molar-refractivity contribution >= 4 is 23.4 Å². The molecule has 9 nitrogen and oxygen atoms in total. The summed E-state index contributed by atoms with van der Waals surface area (Å²) in [5.41, 5.74) is 1.87. The molecule has 0 saturated carbocycles. The summed E-state index contributed by atoms with van der Waals surface area (Å²) < 4.78 is 5.73. The molecule has 0 spiro atoms. The highest BCUT2D eigenvalue weighted by atomic mass is 32.1. The van der Waals surface area contributed by atoms with Gasteiger partial charge in [0.25, 0.3) is 5.91 Å². The second kappa shape index (κ2) is 7.47. The number of hydrogen-bond acceptors (Lipinski definition) is 7. The molecule has 28 heavy (non-hydrogen) atoms. The van der Waals surface area contributed by atoms with Crippen LogP contribution in [-0.2, 0) is 0 Å². The van der Waals surface area contributed by atoms with Crippen molar-refractivity contribution < 1.29 is 14.7 Å². The Labute approximate surface area is 164 Å². The number of likely N-dealkylation sites (tertiary alicyclic amines) is 1. The van der Waals surface area contributed by atoms with Crippen LogP contribution in [0.2, 0.25) is 0 Å². The van der Waals surface area contributed by atoms with E-state index < -0.39 is 5.97 Å². The van der Waals surface area contributed by atoms with Crippen LogP contribution in [-0.4, -0.2) is 59.3 Å². The Hall–Kier alpha value is -3.14. The van der Waals surface area contributed by atoms with E-state index in [1.807, 2.05) is 17.9 Å². The molecular formula is C18H18N6O3S. The zero-order valence-corrected chi connectivity index (χ0v) is 16.0. The van der Waals surface area contributed by atoms with Gasteiger partial charge in [-0.25, -0.2) is 9.48 Å². The third-order valence-corrected chi connectivity index (χ3v) is 5.41. The number of aromatic nitrogens is 5. The zero-order valence-electron chi connectivity index (χ0n) is 15.1. The maximum Gasteiger partial charge on any atom is 0.337 e. The van der Waals surface area contributed by atoms with Crippen LogP contribution in [0.3, 0.4) is 0 Å². The van der Waals surface area contributed by atoms with Gasteiger partial charge in [-0.15, -0.1) is 5.10 Å². The number of carboxylic acids is 1. The summed E-state index contributed by atoms with van der Waals surface area (Å²) in [6, 6.07) is 3.31.